The van der Waals surface area contributed by atoms with E-state index < -0.39 is 6.10 Å². The van der Waals surface area contributed by atoms with E-state index in [4.69, 9.17) is 9.47 Å². The fourth-order valence-electron chi connectivity index (χ4n) is 4.99. The molecule has 0 heterocycles. The molecule has 0 aromatic rings. The van der Waals surface area contributed by atoms with Crippen molar-refractivity contribution >= 4 is 11.9 Å². The highest BCUT2D eigenvalue weighted by Crippen LogP contribution is 2.11. The maximum atomic E-state index is 12.2. The van der Waals surface area contributed by atoms with Crippen molar-refractivity contribution in [2.24, 2.45) is 0 Å². The predicted molar refractivity (Wildman–Crippen MR) is 205 cm³/mol. The van der Waals surface area contributed by atoms with E-state index in [0.29, 0.717) is 19.3 Å². The standard InChI is InChI=1S/C43H72O5/c1-3-5-7-9-11-13-15-17-19-21-23-25-27-29-31-33-35-37-42(45)47-40-41(39-44)48-43(46)38-36-34-32-30-28-26-24-22-20-18-16-14-12-10-8-6-4-2/h11-14,17-20,23,25,29,31,41,44H,3-10,15-16,21-22,24,26-28,30,32-40H2,1-2H3/b13-11-,14-12-,19-17-,20-18-,25-23-,31-29-/t41-/m0/s1. The van der Waals surface area contributed by atoms with Crippen LogP contribution in [0.3, 0.4) is 0 Å². The number of aliphatic hydroxyl groups is 1. The van der Waals surface area contributed by atoms with Crippen molar-refractivity contribution in [3.8, 4) is 0 Å². The van der Waals surface area contributed by atoms with E-state index in [9.17, 15) is 14.7 Å². The first kappa shape index (κ1) is 45.3. The van der Waals surface area contributed by atoms with Gasteiger partial charge in [0.1, 0.15) is 6.61 Å². The monoisotopic (exact) mass is 669 g/mol. The van der Waals surface area contributed by atoms with Gasteiger partial charge in [-0.2, -0.15) is 0 Å². The molecule has 0 saturated heterocycles. The molecule has 0 spiro atoms. The number of allylic oxidation sites excluding steroid dienone is 12. The van der Waals surface area contributed by atoms with E-state index in [1.54, 1.807) is 0 Å². The SMILES string of the molecule is CCCCC/C=C\C/C=C\C/C=C\C/C=C\CCCC(=O)OC[C@H](CO)OC(=O)CCCCCCCCC/C=C\C/C=C\CCCCC. The Morgan fingerprint density at radius 3 is 1.31 bits per heavy atom. The molecule has 5 heteroatoms. The summed E-state index contributed by atoms with van der Waals surface area (Å²) in [5.41, 5.74) is 0. The first-order valence-corrected chi connectivity index (χ1v) is 19.5. The molecule has 0 aliphatic heterocycles. The molecule has 48 heavy (non-hydrogen) atoms. The smallest absolute Gasteiger partial charge is 0.306 e. The van der Waals surface area contributed by atoms with Crippen molar-refractivity contribution in [3.05, 3.63) is 72.9 Å². The number of ether oxygens (including phenoxy) is 2. The summed E-state index contributed by atoms with van der Waals surface area (Å²) in [6.07, 6.45) is 51.0. The molecule has 0 aromatic heterocycles. The molecular weight excluding hydrogens is 596 g/mol. The zero-order valence-electron chi connectivity index (χ0n) is 31.0. The molecule has 0 aromatic carbocycles. The second kappa shape index (κ2) is 38.8. The van der Waals surface area contributed by atoms with Crippen molar-refractivity contribution in [1.82, 2.24) is 0 Å². The molecule has 0 aliphatic carbocycles. The Morgan fingerprint density at radius 1 is 0.479 bits per heavy atom. The van der Waals surface area contributed by atoms with Gasteiger partial charge in [-0.3, -0.25) is 9.59 Å². The largest absolute Gasteiger partial charge is 0.462 e. The van der Waals surface area contributed by atoms with Crippen molar-refractivity contribution in [1.29, 1.82) is 0 Å². The van der Waals surface area contributed by atoms with Gasteiger partial charge in [0.25, 0.3) is 0 Å². The Morgan fingerprint density at radius 2 is 0.854 bits per heavy atom. The van der Waals surface area contributed by atoms with Crippen LogP contribution in [0.4, 0.5) is 0 Å². The fourth-order valence-corrected chi connectivity index (χ4v) is 4.99. The first-order chi connectivity index (χ1) is 23.6. The first-order valence-electron chi connectivity index (χ1n) is 19.5. The molecule has 0 aliphatic rings. The molecule has 1 N–H and O–H groups in total. The van der Waals surface area contributed by atoms with Gasteiger partial charge < -0.3 is 14.6 Å². The van der Waals surface area contributed by atoms with Crippen molar-refractivity contribution in [2.75, 3.05) is 13.2 Å². The van der Waals surface area contributed by atoms with Crippen LogP contribution in [0.25, 0.3) is 0 Å². The summed E-state index contributed by atoms with van der Waals surface area (Å²) in [6.45, 7) is 4.01. The molecule has 5 nitrogen and oxygen atoms in total. The number of carbonyl (C=O) groups excluding carboxylic acids is 2. The molecule has 0 amide bonds. The third-order valence-electron chi connectivity index (χ3n) is 7.97. The number of aliphatic hydroxyl groups excluding tert-OH is 1. The Kier molecular flexibility index (Phi) is 36.6. The minimum absolute atomic E-state index is 0.101. The van der Waals surface area contributed by atoms with E-state index in [2.05, 4.69) is 86.8 Å². The van der Waals surface area contributed by atoms with Crippen molar-refractivity contribution < 1.29 is 24.2 Å². The molecule has 0 bridgehead atoms. The van der Waals surface area contributed by atoms with Gasteiger partial charge in [-0.1, -0.05) is 145 Å². The lowest BCUT2D eigenvalue weighted by molar-refractivity contribution is -0.161. The van der Waals surface area contributed by atoms with Crippen LogP contribution in [0.2, 0.25) is 0 Å². The molecule has 0 rings (SSSR count). The van der Waals surface area contributed by atoms with Crippen molar-refractivity contribution in [3.63, 3.8) is 0 Å². The van der Waals surface area contributed by atoms with Crippen LogP contribution in [0.15, 0.2) is 72.9 Å². The Hall–Kier alpha value is -2.66. The molecule has 274 valence electrons. The lowest BCUT2D eigenvalue weighted by Gasteiger charge is -2.15. The van der Waals surface area contributed by atoms with E-state index in [1.807, 2.05) is 0 Å². The van der Waals surface area contributed by atoms with Gasteiger partial charge in [-0.15, -0.1) is 0 Å². The van der Waals surface area contributed by atoms with Crippen LogP contribution >= 0.6 is 0 Å². The third-order valence-corrected chi connectivity index (χ3v) is 7.97. The summed E-state index contributed by atoms with van der Waals surface area (Å²) in [5, 5.41) is 9.54. The summed E-state index contributed by atoms with van der Waals surface area (Å²) in [5.74, 6) is -0.671. The number of hydrogen-bond acceptors (Lipinski definition) is 5. The number of rotatable bonds is 34. The zero-order valence-corrected chi connectivity index (χ0v) is 31.0. The Bertz CT molecular complexity index is 895. The van der Waals surface area contributed by atoms with Crippen LogP contribution in [0.5, 0.6) is 0 Å². The summed E-state index contributed by atoms with van der Waals surface area (Å²) in [4.78, 5) is 24.2. The van der Waals surface area contributed by atoms with E-state index in [-0.39, 0.29) is 25.2 Å². The molecule has 1 atom stereocenters. The predicted octanol–water partition coefficient (Wildman–Crippen LogP) is 12.2. The second-order valence-corrected chi connectivity index (χ2v) is 12.6. The topological polar surface area (TPSA) is 72.8 Å². The molecular formula is C43H72O5. The van der Waals surface area contributed by atoms with Gasteiger partial charge in [0.05, 0.1) is 6.61 Å². The van der Waals surface area contributed by atoms with Crippen LogP contribution in [0, 0.1) is 0 Å². The number of carbonyl (C=O) groups is 2. The number of esters is 2. The highest BCUT2D eigenvalue weighted by Gasteiger charge is 2.16. The average Bonchev–Trinajstić information content (AvgIpc) is 3.09. The van der Waals surface area contributed by atoms with Crippen molar-refractivity contribution in [2.45, 2.75) is 174 Å². The van der Waals surface area contributed by atoms with E-state index in [0.717, 1.165) is 57.8 Å². The quantitative estimate of drug-likeness (QED) is 0.0420. The van der Waals surface area contributed by atoms with Gasteiger partial charge in [0.2, 0.25) is 0 Å². The molecule has 0 saturated carbocycles. The van der Waals surface area contributed by atoms with Gasteiger partial charge in [0.15, 0.2) is 6.10 Å². The summed E-state index contributed by atoms with van der Waals surface area (Å²) in [7, 11) is 0. The zero-order chi connectivity index (χ0) is 35.0. The highest BCUT2D eigenvalue weighted by molar-refractivity contribution is 5.70. The van der Waals surface area contributed by atoms with E-state index >= 15 is 0 Å². The number of unbranched alkanes of at least 4 members (excludes halogenated alkanes) is 14. The number of hydrogen-bond donors (Lipinski definition) is 1. The normalized spacial score (nSPS) is 13.0. The third kappa shape index (κ3) is 36.2. The highest BCUT2D eigenvalue weighted by atomic mass is 16.6. The average molecular weight is 669 g/mol. The summed E-state index contributed by atoms with van der Waals surface area (Å²) in [6, 6.07) is 0. The fraction of sp³-hybridized carbons (Fsp3) is 0.674. The summed E-state index contributed by atoms with van der Waals surface area (Å²) < 4.78 is 10.6. The maximum Gasteiger partial charge on any atom is 0.306 e. The van der Waals surface area contributed by atoms with Gasteiger partial charge in [-0.25, -0.2) is 0 Å². The molecule has 0 unspecified atom stereocenters. The Balaban J connectivity index is 3.69. The van der Waals surface area contributed by atoms with Gasteiger partial charge in [-0.05, 0) is 83.5 Å². The van der Waals surface area contributed by atoms with Crippen LogP contribution in [-0.2, 0) is 19.1 Å². The molecule has 0 fully saturated rings. The molecule has 0 radical (unpaired) electrons. The Labute approximate surface area is 295 Å². The van der Waals surface area contributed by atoms with E-state index in [1.165, 1.54) is 77.0 Å². The van der Waals surface area contributed by atoms with Crippen LogP contribution in [0.1, 0.15) is 168 Å². The van der Waals surface area contributed by atoms with Crippen LogP contribution in [-0.4, -0.2) is 36.4 Å². The maximum absolute atomic E-state index is 12.2. The lowest BCUT2D eigenvalue weighted by atomic mass is 10.1. The minimum Gasteiger partial charge on any atom is -0.462 e. The lowest BCUT2D eigenvalue weighted by Crippen LogP contribution is -2.28. The summed E-state index contributed by atoms with van der Waals surface area (Å²) >= 11 is 0. The second-order valence-electron chi connectivity index (χ2n) is 12.6. The van der Waals surface area contributed by atoms with Gasteiger partial charge >= 0.3 is 11.9 Å². The van der Waals surface area contributed by atoms with Gasteiger partial charge in [0, 0.05) is 12.8 Å². The minimum atomic E-state index is -0.800. The van der Waals surface area contributed by atoms with Crippen LogP contribution < -0.4 is 0 Å².